The fourth-order valence-electron chi connectivity index (χ4n) is 1.25. The molecule has 1 radical (unpaired) electrons. The van der Waals surface area contributed by atoms with Gasteiger partial charge in [-0.2, -0.15) is 0 Å². The molecule has 3 nitrogen and oxygen atoms in total. The summed E-state index contributed by atoms with van der Waals surface area (Å²) in [5.74, 6) is 7.81. The number of carbonyl (C=O) groups is 1. The molecule has 21 heavy (non-hydrogen) atoms. The smallest absolute Gasteiger partial charge is 0.129 e. The number of rotatable bonds is 7. The Bertz CT molecular complexity index is 427. The molecular weight excluding hydrogens is 693 g/mol. The van der Waals surface area contributed by atoms with Gasteiger partial charge in [0.1, 0.15) is 11.9 Å². The zero-order valence-electron chi connectivity index (χ0n) is 12.3. The van der Waals surface area contributed by atoms with Gasteiger partial charge in [0.2, 0.25) is 0 Å². The molecule has 0 rings (SSSR count). The summed E-state index contributed by atoms with van der Waals surface area (Å²) in [6.45, 7) is 1.53. The number of aliphatic hydroxyl groups is 2. The molecule has 0 aromatic heterocycles. The minimum Gasteiger partial charge on any atom is -0.388 e. The van der Waals surface area contributed by atoms with E-state index >= 15 is 0 Å². The van der Waals surface area contributed by atoms with Gasteiger partial charge in [-0.05, 0) is 25.8 Å². The fraction of sp³-hybridized carbons (Fsp3) is 0.438. The van der Waals surface area contributed by atoms with Crippen molar-refractivity contribution in [1.82, 2.24) is 0 Å². The number of Topliss-reactive ketones (excluding diaryl/α,β-unsaturated/α-hetero) is 1. The molecular formula is C16H20O3ReRf. The van der Waals surface area contributed by atoms with Gasteiger partial charge >= 0.3 is 0 Å². The van der Waals surface area contributed by atoms with Crippen molar-refractivity contribution in [3.05, 3.63) is 24.3 Å². The van der Waals surface area contributed by atoms with Gasteiger partial charge in [-0.1, -0.05) is 30.1 Å². The predicted molar refractivity (Wildman–Crippen MR) is 76.1 cm³/mol. The summed E-state index contributed by atoms with van der Waals surface area (Å²) < 4.78 is 0. The Morgan fingerprint density at radius 3 is 2.57 bits per heavy atom. The average molecular weight is 714 g/mol. The first kappa shape index (κ1) is 23.9. The molecule has 5 heteroatoms. The van der Waals surface area contributed by atoms with E-state index in [9.17, 15) is 15.0 Å². The molecule has 0 fully saturated rings. The Balaban J connectivity index is -0.00000162. The van der Waals surface area contributed by atoms with E-state index in [0.29, 0.717) is 19.3 Å². The van der Waals surface area contributed by atoms with E-state index in [1.54, 1.807) is 24.3 Å². The quantitative estimate of drug-likeness (QED) is 0.312. The van der Waals surface area contributed by atoms with Crippen LogP contribution in [0.4, 0.5) is 0 Å². The van der Waals surface area contributed by atoms with Crippen molar-refractivity contribution < 1.29 is 35.4 Å². The molecule has 0 bridgehead atoms. The summed E-state index contributed by atoms with van der Waals surface area (Å²) in [5.41, 5.74) is 0. The van der Waals surface area contributed by atoms with E-state index in [4.69, 9.17) is 6.42 Å². The first-order valence-electron chi connectivity index (χ1n) is 6.19. The van der Waals surface area contributed by atoms with Gasteiger partial charge in [0.05, 0.1) is 6.10 Å². The van der Waals surface area contributed by atoms with Gasteiger partial charge < -0.3 is 15.0 Å². The molecule has 111 valence electrons. The van der Waals surface area contributed by atoms with E-state index in [-0.39, 0.29) is 32.6 Å². The third-order valence-corrected chi connectivity index (χ3v) is 2.21. The first-order valence-corrected chi connectivity index (χ1v) is 6.19. The van der Waals surface area contributed by atoms with Crippen molar-refractivity contribution in [2.45, 2.75) is 44.8 Å². The summed E-state index contributed by atoms with van der Waals surface area (Å²) in [6, 6.07) is 0. The SMILES string of the molecule is C#CC[C@@H](O)/C=C/C=C/C#C[C@@H](O)CCCC(C)=O.[Re].[Rf]. The second-order valence-electron chi connectivity index (χ2n) is 4.12. The van der Waals surface area contributed by atoms with Crippen LogP contribution in [0.25, 0.3) is 0 Å². The molecule has 0 aromatic carbocycles. The monoisotopic (exact) mass is 714 g/mol. The molecule has 2 atom stereocenters. The summed E-state index contributed by atoms with van der Waals surface area (Å²) in [7, 11) is 0. The van der Waals surface area contributed by atoms with Crippen LogP contribution in [0.15, 0.2) is 24.3 Å². The molecule has 0 unspecified atom stereocenters. The van der Waals surface area contributed by atoms with Crippen molar-refractivity contribution in [3.8, 4) is 24.2 Å². The average Bonchev–Trinajstić information content (AvgIpc) is 2.33. The van der Waals surface area contributed by atoms with Gasteiger partial charge in [0.15, 0.2) is 0 Å². The van der Waals surface area contributed by atoms with Gasteiger partial charge in [0.25, 0.3) is 0 Å². The molecule has 0 heterocycles. The third kappa shape index (κ3) is 17.9. The summed E-state index contributed by atoms with van der Waals surface area (Å²) in [4.78, 5) is 10.7. The minimum atomic E-state index is -0.708. The van der Waals surface area contributed by atoms with Crippen molar-refractivity contribution >= 4 is 5.78 Å². The van der Waals surface area contributed by atoms with E-state index in [1.807, 2.05) is 0 Å². The molecule has 0 aromatic rings. The molecule has 0 aliphatic carbocycles. The molecule has 0 aliphatic heterocycles. The van der Waals surface area contributed by atoms with Crippen molar-refractivity contribution in [1.29, 1.82) is 0 Å². The Labute approximate surface area is 134 Å². The Morgan fingerprint density at radius 2 is 2.00 bits per heavy atom. The summed E-state index contributed by atoms with van der Waals surface area (Å²) in [6.07, 6.45) is 12.1. The van der Waals surface area contributed by atoms with Crippen LogP contribution in [0.2, 0.25) is 0 Å². The van der Waals surface area contributed by atoms with E-state index in [2.05, 4.69) is 17.8 Å². The fourth-order valence-corrected chi connectivity index (χ4v) is 1.25. The zero-order valence-corrected chi connectivity index (χ0v) is 21.4. The number of hydrogen-bond acceptors (Lipinski definition) is 3. The van der Waals surface area contributed by atoms with Crippen LogP contribution in [0.3, 0.4) is 0 Å². The first-order chi connectivity index (χ1) is 9.06. The van der Waals surface area contributed by atoms with Crippen molar-refractivity contribution in [2.24, 2.45) is 0 Å². The van der Waals surface area contributed by atoms with Crippen LogP contribution in [-0.2, 0) is 25.2 Å². The Morgan fingerprint density at radius 1 is 1.33 bits per heavy atom. The second-order valence-corrected chi connectivity index (χ2v) is 4.12. The Hall–Kier alpha value is -2.15. The summed E-state index contributed by atoms with van der Waals surface area (Å²) in [5, 5.41) is 18.7. The van der Waals surface area contributed by atoms with Crippen LogP contribution in [0.5, 0.6) is 0 Å². The summed E-state index contributed by atoms with van der Waals surface area (Å²) >= 11 is 0. The number of hydrogen-bond donors (Lipinski definition) is 2. The van der Waals surface area contributed by atoms with E-state index in [0.717, 1.165) is 0 Å². The van der Waals surface area contributed by atoms with Crippen LogP contribution in [0.1, 0.15) is 32.6 Å². The maximum atomic E-state index is 10.7. The van der Waals surface area contributed by atoms with Crippen LogP contribution in [-0.4, -0.2) is 28.2 Å². The van der Waals surface area contributed by atoms with Crippen LogP contribution < -0.4 is 0 Å². The molecule has 0 aliphatic rings. The number of ketones is 1. The second kappa shape index (κ2) is 15.9. The van der Waals surface area contributed by atoms with Crippen molar-refractivity contribution in [2.75, 3.05) is 0 Å². The van der Waals surface area contributed by atoms with Gasteiger partial charge in [-0.15, -0.1) is 12.3 Å². The maximum Gasteiger partial charge on any atom is 0.129 e. The number of aliphatic hydroxyl groups excluding tert-OH is 2. The standard InChI is InChI=1S/C16H20O3.Re.Rf/c1-3-9-15(18)11-6-4-5-7-12-16(19)13-8-10-14(2)17;;/h1,4-6,11,15-16,18-19H,8-10,13H2,2H3;;/b5-4+,11-6+;;/t15-,16-;;/m1../s1. The molecule has 0 saturated carbocycles. The number of allylic oxidation sites excluding steroid dienone is 3. The van der Waals surface area contributed by atoms with Crippen LogP contribution in [0, 0.1) is 24.2 Å². The Kier molecular flexibility index (Phi) is 18.1. The predicted octanol–water partition coefficient (Wildman–Crippen LogP) is 1.60. The normalized spacial score (nSPS) is 12.5. The van der Waals surface area contributed by atoms with E-state index < -0.39 is 12.2 Å². The third-order valence-electron chi connectivity index (χ3n) is 2.21. The zero-order chi connectivity index (χ0) is 14.5. The topological polar surface area (TPSA) is 57.5 Å². The van der Waals surface area contributed by atoms with Gasteiger partial charge in [-0.25, -0.2) is 0 Å². The van der Waals surface area contributed by atoms with E-state index in [1.165, 1.54) is 6.92 Å². The van der Waals surface area contributed by atoms with Gasteiger partial charge in [-0.3, -0.25) is 0 Å². The van der Waals surface area contributed by atoms with Crippen LogP contribution >= 0.6 is 0 Å². The minimum absolute atomic E-state index is 0. The van der Waals surface area contributed by atoms with Gasteiger partial charge in [0, 0.05) is 33.3 Å². The van der Waals surface area contributed by atoms with Crippen molar-refractivity contribution in [3.63, 3.8) is 0 Å². The molecule has 0 saturated heterocycles. The molecule has 2 N–H and O–H groups in total. The maximum absolute atomic E-state index is 10.7. The molecule has 0 spiro atoms. The molecule has 0 amide bonds. The number of carbonyl (C=O) groups excluding carboxylic acids is 1. The largest absolute Gasteiger partial charge is 0.388 e. The number of terminal acetylenes is 1.